The van der Waals surface area contributed by atoms with Gasteiger partial charge in [0.1, 0.15) is 0 Å². The third kappa shape index (κ3) is 2.51. The van der Waals surface area contributed by atoms with Crippen LogP contribution in [0.2, 0.25) is 0 Å². The molecular weight excluding hydrogens is 150 g/mol. The number of nitrogens with zero attached hydrogens (tertiary/aromatic N) is 2. The first-order valence-corrected chi connectivity index (χ1v) is 4.11. The van der Waals surface area contributed by atoms with Gasteiger partial charge in [-0.15, -0.1) is 0 Å². The van der Waals surface area contributed by atoms with E-state index in [1.165, 1.54) is 0 Å². The molecule has 3 heteroatoms. The van der Waals surface area contributed by atoms with Crippen molar-refractivity contribution in [2.45, 2.75) is 13.5 Å². The lowest BCUT2D eigenvalue weighted by Crippen LogP contribution is -2.17. The summed E-state index contributed by atoms with van der Waals surface area (Å²) in [5, 5.41) is 0. The van der Waals surface area contributed by atoms with Gasteiger partial charge in [0.05, 0.1) is 5.69 Å². The lowest BCUT2D eigenvalue weighted by molar-refractivity contribution is 0.341. The zero-order chi connectivity index (χ0) is 8.97. The third-order valence-electron chi connectivity index (χ3n) is 1.81. The Morgan fingerprint density at radius 1 is 1.58 bits per heavy atom. The number of hydrogen-bond acceptors (Lipinski definition) is 3. The Kier molecular flexibility index (Phi) is 3.05. The number of aromatic nitrogens is 1. The van der Waals surface area contributed by atoms with Crippen molar-refractivity contribution in [2.24, 2.45) is 0 Å². The Morgan fingerprint density at radius 3 is 2.92 bits per heavy atom. The van der Waals surface area contributed by atoms with Crippen molar-refractivity contribution < 1.29 is 0 Å². The molecule has 0 fully saturated rings. The van der Waals surface area contributed by atoms with Gasteiger partial charge in [-0.25, -0.2) is 0 Å². The van der Waals surface area contributed by atoms with Crippen LogP contribution in [0.25, 0.3) is 0 Å². The fourth-order valence-corrected chi connectivity index (χ4v) is 0.972. The average Bonchev–Trinajstić information content (AvgIpc) is 2.04. The Balaban J connectivity index is 2.63. The highest BCUT2D eigenvalue weighted by atomic mass is 15.1. The summed E-state index contributed by atoms with van der Waals surface area (Å²) in [6.07, 6.45) is 1.74. The van der Waals surface area contributed by atoms with Crippen LogP contribution < -0.4 is 5.73 Å². The van der Waals surface area contributed by atoms with Crippen molar-refractivity contribution in [3.8, 4) is 0 Å². The first-order valence-electron chi connectivity index (χ1n) is 4.11. The van der Waals surface area contributed by atoms with Crippen LogP contribution in [0.5, 0.6) is 0 Å². The molecule has 0 aromatic carbocycles. The van der Waals surface area contributed by atoms with Crippen molar-refractivity contribution in [3.63, 3.8) is 0 Å². The maximum Gasteiger partial charge on any atom is 0.0564 e. The molecule has 1 aromatic rings. The third-order valence-corrected chi connectivity index (χ3v) is 1.81. The van der Waals surface area contributed by atoms with E-state index < -0.39 is 0 Å². The van der Waals surface area contributed by atoms with Crippen LogP contribution in [0, 0.1) is 0 Å². The molecular formula is C9H15N3. The van der Waals surface area contributed by atoms with Gasteiger partial charge in [-0.3, -0.25) is 4.98 Å². The van der Waals surface area contributed by atoms with Gasteiger partial charge in [0.15, 0.2) is 0 Å². The minimum Gasteiger partial charge on any atom is -0.399 e. The van der Waals surface area contributed by atoms with E-state index in [4.69, 9.17) is 5.73 Å². The summed E-state index contributed by atoms with van der Waals surface area (Å²) < 4.78 is 0. The summed E-state index contributed by atoms with van der Waals surface area (Å²) in [5.74, 6) is 0. The molecule has 0 unspecified atom stereocenters. The largest absolute Gasteiger partial charge is 0.399 e. The predicted octanol–water partition coefficient (Wildman–Crippen LogP) is 1.12. The van der Waals surface area contributed by atoms with Crippen LogP contribution in [0.3, 0.4) is 0 Å². The summed E-state index contributed by atoms with van der Waals surface area (Å²) in [4.78, 5) is 6.39. The van der Waals surface area contributed by atoms with E-state index in [2.05, 4.69) is 23.9 Å². The Morgan fingerprint density at radius 2 is 2.33 bits per heavy atom. The van der Waals surface area contributed by atoms with Crippen molar-refractivity contribution in [2.75, 3.05) is 19.3 Å². The molecule has 0 saturated carbocycles. The lowest BCUT2D eigenvalue weighted by Gasteiger charge is -2.12. The van der Waals surface area contributed by atoms with Gasteiger partial charge in [-0.2, -0.15) is 0 Å². The van der Waals surface area contributed by atoms with Gasteiger partial charge in [0, 0.05) is 18.4 Å². The maximum atomic E-state index is 5.62. The Hall–Kier alpha value is -1.09. The monoisotopic (exact) mass is 165 g/mol. The van der Waals surface area contributed by atoms with Crippen LogP contribution in [0.4, 0.5) is 5.69 Å². The highest BCUT2D eigenvalue weighted by Gasteiger charge is 1.98. The fourth-order valence-electron chi connectivity index (χ4n) is 0.972. The Labute approximate surface area is 73.2 Å². The quantitative estimate of drug-likeness (QED) is 0.729. The molecule has 66 valence electrons. The van der Waals surface area contributed by atoms with E-state index in [0.29, 0.717) is 0 Å². The normalized spacial score (nSPS) is 10.6. The molecule has 1 aromatic heterocycles. The molecule has 2 N–H and O–H groups in total. The summed E-state index contributed by atoms with van der Waals surface area (Å²) in [6, 6.07) is 3.71. The van der Waals surface area contributed by atoms with Crippen molar-refractivity contribution in [1.29, 1.82) is 0 Å². The Bertz CT molecular complexity index is 247. The zero-order valence-electron chi connectivity index (χ0n) is 7.62. The van der Waals surface area contributed by atoms with Gasteiger partial charge in [0.2, 0.25) is 0 Å². The van der Waals surface area contributed by atoms with Crippen molar-refractivity contribution in [3.05, 3.63) is 24.0 Å². The van der Waals surface area contributed by atoms with E-state index in [0.717, 1.165) is 24.5 Å². The molecule has 0 amide bonds. The van der Waals surface area contributed by atoms with Crippen LogP contribution in [-0.2, 0) is 6.54 Å². The average molecular weight is 165 g/mol. The first-order chi connectivity index (χ1) is 5.72. The number of pyridine rings is 1. The second kappa shape index (κ2) is 4.07. The molecule has 0 saturated heterocycles. The first kappa shape index (κ1) is 9.00. The predicted molar refractivity (Wildman–Crippen MR) is 50.7 cm³/mol. The molecule has 0 radical (unpaired) electrons. The standard InChI is InChI=1S/C9H15N3/c1-3-12(2)7-9-6-8(10)4-5-11-9/h4-6H,3,7H2,1-2H3,(H2,10,11). The van der Waals surface area contributed by atoms with Gasteiger partial charge in [0.25, 0.3) is 0 Å². The minimum atomic E-state index is 0.782. The van der Waals surface area contributed by atoms with E-state index in [-0.39, 0.29) is 0 Å². The smallest absolute Gasteiger partial charge is 0.0564 e. The number of hydrogen-bond donors (Lipinski definition) is 1. The fraction of sp³-hybridized carbons (Fsp3) is 0.444. The second-order valence-electron chi connectivity index (χ2n) is 2.91. The summed E-state index contributed by atoms with van der Waals surface area (Å²) in [7, 11) is 2.06. The maximum absolute atomic E-state index is 5.62. The highest BCUT2D eigenvalue weighted by molar-refractivity contribution is 5.37. The minimum absolute atomic E-state index is 0.782. The summed E-state index contributed by atoms with van der Waals surface area (Å²) in [6.45, 7) is 4.00. The topological polar surface area (TPSA) is 42.1 Å². The molecule has 0 aliphatic carbocycles. The molecule has 0 aliphatic heterocycles. The summed E-state index contributed by atoms with van der Waals surface area (Å²) in [5.41, 5.74) is 7.43. The van der Waals surface area contributed by atoms with E-state index in [1.807, 2.05) is 6.07 Å². The molecule has 0 bridgehead atoms. The SMILES string of the molecule is CCN(C)Cc1cc(N)ccn1. The van der Waals surface area contributed by atoms with E-state index in [1.54, 1.807) is 12.3 Å². The van der Waals surface area contributed by atoms with Crippen LogP contribution in [-0.4, -0.2) is 23.5 Å². The number of rotatable bonds is 3. The number of nitrogens with two attached hydrogens (primary N) is 1. The van der Waals surface area contributed by atoms with E-state index >= 15 is 0 Å². The molecule has 12 heavy (non-hydrogen) atoms. The second-order valence-corrected chi connectivity index (χ2v) is 2.91. The molecule has 0 atom stereocenters. The van der Waals surface area contributed by atoms with E-state index in [9.17, 15) is 0 Å². The number of anilines is 1. The molecule has 0 aliphatic rings. The van der Waals surface area contributed by atoms with Crippen molar-refractivity contribution in [1.82, 2.24) is 9.88 Å². The van der Waals surface area contributed by atoms with Crippen LogP contribution in [0.15, 0.2) is 18.3 Å². The molecule has 0 spiro atoms. The van der Waals surface area contributed by atoms with Gasteiger partial charge < -0.3 is 10.6 Å². The molecule has 1 rings (SSSR count). The highest BCUT2D eigenvalue weighted by Crippen LogP contribution is 2.04. The van der Waals surface area contributed by atoms with Gasteiger partial charge in [-0.1, -0.05) is 6.92 Å². The van der Waals surface area contributed by atoms with Gasteiger partial charge in [-0.05, 0) is 25.7 Å². The molecule has 1 heterocycles. The lowest BCUT2D eigenvalue weighted by atomic mass is 10.3. The van der Waals surface area contributed by atoms with Crippen molar-refractivity contribution >= 4 is 5.69 Å². The van der Waals surface area contributed by atoms with Crippen LogP contribution >= 0.6 is 0 Å². The van der Waals surface area contributed by atoms with Gasteiger partial charge >= 0.3 is 0 Å². The zero-order valence-corrected chi connectivity index (χ0v) is 7.62. The van der Waals surface area contributed by atoms with Crippen LogP contribution in [0.1, 0.15) is 12.6 Å². The summed E-state index contributed by atoms with van der Waals surface area (Å²) >= 11 is 0. The number of nitrogen functional groups attached to an aromatic ring is 1. The molecule has 3 nitrogen and oxygen atoms in total.